The molecule has 1 aromatic carbocycles. The smallest absolute Gasteiger partial charge is 0.0871 e. The maximum absolute atomic E-state index is 4.54. The second kappa shape index (κ2) is 6.09. The zero-order valence-corrected chi connectivity index (χ0v) is 13.0. The molecule has 0 saturated heterocycles. The Labute approximate surface area is 131 Å². The summed E-state index contributed by atoms with van der Waals surface area (Å²) >= 11 is 0. The number of rotatable bonds is 4. The number of nitrogens with one attached hydrogen (secondary N) is 1. The van der Waals surface area contributed by atoms with Gasteiger partial charge < -0.3 is 9.72 Å². The van der Waals surface area contributed by atoms with Crippen molar-refractivity contribution in [2.24, 2.45) is 5.92 Å². The fraction of sp³-hybridized carbons (Fsp3) is 0.421. The quantitative estimate of drug-likeness (QED) is 0.782. The topological polar surface area (TPSA) is 29.3 Å². The molecule has 4 rings (SSSR count). The van der Waals surface area contributed by atoms with Crippen molar-refractivity contribution in [3.8, 4) is 0 Å². The maximum atomic E-state index is 4.54. The Kier molecular flexibility index (Phi) is 3.81. The second-order valence-electron chi connectivity index (χ2n) is 6.52. The highest BCUT2D eigenvalue weighted by molar-refractivity contribution is 5.78. The van der Waals surface area contributed by atoms with Crippen LogP contribution in [0.25, 0.3) is 16.6 Å². The summed E-state index contributed by atoms with van der Waals surface area (Å²) in [4.78, 5) is 4.54. The minimum atomic E-state index is 0.882. The summed E-state index contributed by atoms with van der Waals surface area (Å²) in [5.74, 6) is 0.882. The van der Waals surface area contributed by atoms with Crippen LogP contribution in [0.4, 0.5) is 0 Å². The van der Waals surface area contributed by atoms with E-state index < -0.39 is 0 Å². The van der Waals surface area contributed by atoms with Gasteiger partial charge in [-0.1, -0.05) is 25.3 Å². The van der Waals surface area contributed by atoms with Gasteiger partial charge in [0.25, 0.3) is 0 Å². The van der Waals surface area contributed by atoms with E-state index in [0.717, 1.165) is 30.0 Å². The highest BCUT2D eigenvalue weighted by atomic mass is 14.9. The van der Waals surface area contributed by atoms with Crippen molar-refractivity contribution in [2.75, 3.05) is 6.54 Å². The molecule has 3 aromatic rings. The maximum Gasteiger partial charge on any atom is 0.0871 e. The van der Waals surface area contributed by atoms with Crippen molar-refractivity contribution >= 4 is 16.6 Å². The van der Waals surface area contributed by atoms with Crippen LogP contribution in [0, 0.1) is 5.92 Å². The molecule has 1 aliphatic carbocycles. The highest BCUT2D eigenvalue weighted by Crippen LogP contribution is 2.23. The summed E-state index contributed by atoms with van der Waals surface area (Å²) in [6.07, 6.45) is 11.1. The molecular weight excluding hydrogens is 270 g/mol. The van der Waals surface area contributed by atoms with Crippen LogP contribution < -0.4 is 5.32 Å². The number of aromatic nitrogens is 2. The van der Waals surface area contributed by atoms with Crippen LogP contribution in [-0.4, -0.2) is 15.9 Å². The van der Waals surface area contributed by atoms with E-state index in [-0.39, 0.29) is 0 Å². The first-order chi connectivity index (χ1) is 10.9. The summed E-state index contributed by atoms with van der Waals surface area (Å²) in [6.45, 7) is 2.11. The van der Waals surface area contributed by atoms with Gasteiger partial charge in [-0.2, -0.15) is 0 Å². The molecule has 0 amide bonds. The molecule has 1 N–H and O–H groups in total. The van der Waals surface area contributed by atoms with Crippen LogP contribution in [0.1, 0.15) is 37.7 Å². The van der Waals surface area contributed by atoms with Crippen LogP contribution >= 0.6 is 0 Å². The lowest BCUT2D eigenvalue weighted by Crippen LogP contribution is -2.24. The lowest BCUT2D eigenvalue weighted by Gasteiger charge is -2.21. The highest BCUT2D eigenvalue weighted by Gasteiger charge is 2.12. The Morgan fingerprint density at radius 2 is 2.05 bits per heavy atom. The van der Waals surface area contributed by atoms with Gasteiger partial charge in [-0.25, -0.2) is 0 Å². The van der Waals surface area contributed by atoms with Crippen LogP contribution in [-0.2, 0) is 6.54 Å². The Bertz CT molecular complexity index is 769. The van der Waals surface area contributed by atoms with E-state index in [0.29, 0.717) is 0 Å². The van der Waals surface area contributed by atoms with Gasteiger partial charge in [0.1, 0.15) is 0 Å². The molecule has 0 unspecified atom stereocenters. The van der Waals surface area contributed by atoms with Crippen LogP contribution in [0.15, 0.2) is 42.7 Å². The largest absolute Gasteiger partial charge is 0.314 e. The molecular formula is C19H23N3. The monoisotopic (exact) mass is 293 g/mol. The summed E-state index contributed by atoms with van der Waals surface area (Å²) in [7, 11) is 0. The van der Waals surface area contributed by atoms with Crippen molar-refractivity contribution in [3.63, 3.8) is 0 Å². The first kappa shape index (κ1) is 13.8. The fourth-order valence-electron chi connectivity index (χ4n) is 3.65. The third-order valence-corrected chi connectivity index (χ3v) is 4.90. The predicted octanol–water partition coefficient (Wildman–Crippen LogP) is 4.16. The normalized spacial score (nSPS) is 16.5. The molecule has 3 heteroatoms. The molecule has 1 saturated carbocycles. The molecule has 1 aliphatic rings. The summed E-state index contributed by atoms with van der Waals surface area (Å²) < 4.78 is 2.22. The minimum Gasteiger partial charge on any atom is -0.314 e. The molecule has 2 aromatic heterocycles. The van der Waals surface area contributed by atoms with E-state index in [2.05, 4.69) is 51.2 Å². The van der Waals surface area contributed by atoms with Gasteiger partial charge in [0, 0.05) is 12.7 Å². The lowest BCUT2D eigenvalue weighted by molar-refractivity contribution is 0.342. The van der Waals surface area contributed by atoms with Crippen LogP contribution in [0.3, 0.4) is 0 Å². The van der Waals surface area contributed by atoms with Crippen LogP contribution in [0.2, 0.25) is 0 Å². The molecule has 22 heavy (non-hydrogen) atoms. The number of nitrogens with zero attached hydrogens (tertiary/aromatic N) is 2. The van der Waals surface area contributed by atoms with Gasteiger partial charge in [0.05, 0.1) is 22.7 Å². The first-order valence-corrected chi connectivity index (χ1v) is 8.45. The third kappa shape index (κ3) is 2.73. The van der Waals surface area contributed by atoms with E-state index in [9.17, 15) is 0 Å². The van der Waals surface area contributed by atoms with Gasteiger partial charge in [-0.05, 0) is 55.1 Å². The Morgan fingerprint density at radius 1 is 1.14 bits per heavy atom. The molecule has 0 aliphatic heterocycles. The van der Waals surface area contributed by atoms with Crippen LogP contribution in [0.5, 0.6) is 0 Å². The van der Waals surface area contributed by atoms with Crippen molar-refractivity contribution in [3.05, 3.63) is 48.3 Å². The Hall–Kier alpha value is -1.87. The molecule has 0 radical (unpaired) electrons. The number of benzene rings is 1. The van der Waals surface area contributed by atoms with Crippen molar-refractivity contribution in [1.82, 2.24) is 14.7 Å². The second-order valence-corrected chi connectivity index (χ2v) is 6.52. The van der Waals surface area contributed by atoms with Crippen molar-refractivity contribution in [2.45, 2.75) is 38.6 Å². The molecule has 114 valence electrons. The van der Waals surface area contributed by atoms with E-state index in [4.69, 9.17) is 0 Å². The van der Waals surface area contributed by atoms with Gasteiger partial charge in [-0.3, -0.25) is 4.98 Å². The first-order valence-electron chi connectivity index (χ1n) is 8.45. The van der Waals surface area contributed by atoms with Gasteiger partial charge in [0.2, 0.25) is 0 Å². The predicted molar refractivity (Wildman–Crippen MR) is 91.0 cm³/mol. The molecule has 1 fully saturated rings. The lowest BCUT2D eigenvalue weighted by atomic mass is 9.89. The van der Waals surface area contributed by atoms with Crippen molar-refractivity contribution in [1.29, 1.82) is 0 Å². The minimum absolute atomic E-state index is 0.882. The summed E-state index contributed by atoms with van der Waals surface area (Å²) in [5.41, 5.74) is 4.74. The SMILES string of the molecule is c1cc2cnc3ccc(CNCC4CCCCC4)cc3n2c1. The Balaban J connectivity index is 1.49. The molecule has 0 atom stereocenters. The van der Waals surface area contributed by atoms with Gasteiger partial charge in [0.15, 0.2) is 0 Å². The number of hydrogen-bond acceptors (Lipinski definition) is 2. The van der Waals surface area contributed by atoms with Gasteiger partial charge >= 0.3 is 0 Å². The van der Waals surface area contributed by atoms with E-state index in [1.807, 2.05) is 6.20 Å². The fourth-order valence-corrected chi connectivity index (χ4v) is 3.65. The zero-order chi connectivity index (χ0) is 14.8. The molecule has 3 nitrogen and oxygen atoms in total. The molecule has 2 heterocycles. The van der Waals surface area contributed by atoms with Crippen molar-refractivity contribution < 1.29 is 0 Å². The zero-order valence-electron chi connectivity index (χ0n) is 13.0. The summed E-state index contributed by atoms with van der Waals surface area (Å²) in [5, 5.41) is 3.65. The van der Waals surface area contributed by atoms with E-state index >= 15 is 0 Å². The van der Waals surface area contributed by atoms with Gasteiger partial charge in [-0.15, -0.1) is 0 Å². The molecule has 0 bridgehead atoms. The average Bonchev–Trinajstić information content (AvgIpc) is 3.05. The van der Waals surface area contributed by atoms with E-state index in [1.165, 1.54) is 43.2 Å². The number of hydrogen-bond donors (Lipinski definition) is 1. The average molecular weight is 293 g/mol. The third-order valence-electron chi connectivity index (χ3n) is 4.90. The van der Waals surface area contributed by atoms with E-state index in [1.54, 1.807) is 0 Å². The number of fused-ring (bicyclic) bond motifs is 3. The Morgan fingerprint density at radius 3 is 2.95 bits per heavy atom. The standard InChI is InChI=1S/C19H23N3/c1-2-5-15(6-3-1)12-20-13-16-8-9-18-19(11-16)22-10-4-7-17(22)14-21-18/h4,7-11,14-15,20H,1-3,5-6,12-13H2. The molecule has 0 spiro atoms. The summed E-state index contributed by atoms with van der Waals surface area (Å²) in [6, 6.07) is 10.8.